The van der Waals surface area contributed by atoms with Crippen LogP contribution in [0.5, 0.6) is 0 Å². The molecule has 0 bridgehead atoms. The third-order valence-electron chi connectivity index (χ3n) is 2.82. The molecule has 0 amide bonds. The van der Waals surface area contributed by atoms with Gasteiger partial charge in [0.2, 0.25) is 0 Å². The second-order valence-corrected chi connectivity index (χ2v) is 3.70. The first kappa shape index (κ1) is 8.76. The fourth-order valence-electron chi connectivity index (χ4n) is 2.21. The van der Waals surface area contributed by atoms with Crippen molar-refractivity contribution in [3.63, 3.8) is 0 Å². The quantitative estimate of drug-likeness (QED) is 0.728. The van der Waals surface area contributed by atoms with Crippen LogP contribution in [0.15, 0.2) is 24.3 Å². The van der Waals surface area contributed by atoms with E-state index < -0.39 is 0 Å². The van der Waals surface area contributed by atoms with E-state index in [2.05, 4.69) is 36.5 Å². The van der Waals surface area contributed by atoms with Crippen LogP contribution in [0.2, 0.25) is 0 Å². The summed E-state index contributed by atoms with van der Waals surface area (Å²) in [6.45, 7) is 3.25. The zero-order chi connectivity index (χ0) is 9.10. The number of hydrogen-bond donors (Lipinski definition) is 1. The molecule has 1 aromatic rings. The molecule has 0 fully saturated rings. The van der Waals surface area contributed by atoms with Gasteiger partial charge in [0.25, 0.3) is 0 Å². The number of rotatable bonds is 2. The smallest absolute Gasteiger partial charge is 0.0322 e. The standard InChI is InChI=1S/C12H17N/c1-2-13-12-9-5-7-10-6-3-4-8-11(10)12/h3-4,6,8,12-13H,2,5,7,9H2,1H3. The van der Waals surface area contributed by atoms with Crippen LogP contribution in [0.25, 0.3) is 0 Å². The SMILES string of the molecule is CCNC1CCCc2ccccc21. The number of nitrogens with one attached hydrogen (secondary N) is 1. The molecule has 1 unspecified atom stereocenters. The maximum atomic E-state index is 3.54. The van der Waals surface area contributed by atoms with E-state index in [-0.39, 0.29) is 0 Å². The molecule has 0 heterocycles. The van der Waals surface area contributed by atoms with Gasteiger partial charge in [-0.2, -0.15) is 0 Å². The van der Waals surface area contributed by atoms with Crippen molar-refractivity contribution in [1.29, 1.82) is 0 Å². The maximum absolute atomic E-state index is 3.54. The summed E-state index contributed by atoms with van der Waals surface area (Å²) in [4.78, 5) is 0. The minimum absolute atomic E-state index is 0.606. The molecule has 0 spiro atoms. The molecule has 1 nitrogen and oxygen atoms in total. The van der Waals surface area contributed by atoms with E-state index in [1.54, 1.807) is 5.56 Å². The number of fused-ring (bicyclic) bond motifs is 1. The zero-order valence-electron chi connectivity index (χ0n) is 8.22. The van der Waals surface area contributed by atoms with Crippen molar-refractivity contribution in [2.45, 2.75) is 32.2 Å². The third-order valence-corrected chi connectivity index (χ3v) is 2.82. The average Bonchev–Trinajstić information content (AvgIpc) is 2.19. The Labute approximate surface area is 80.2 Å². The molecule has 0 saturated heterocycles. The van der Waals surface area contributed by atoms with Crippen LogP contribution in [-0.2, 0) is 6.42 Å². The lowest BCUT2D eigenvalue weighted by atomic mass is 9.88. The molecule has 0 aromatic heterocycles. The molecule has 0 aliphatic heterocycles. The van der Waals surface area contributed by atoms with Gasteiger partial charge >= 0.3 is 0 Å². The first-order valence-electron chi connectivity index (χ1n) is 5.23. The minimum Gasteiger partial charge on any atom is -0.310 e. The van der Waals surface area contributed by atoms with Crippen molar-refractivity contribution in [2.75, 3.05) is 6.54 Å². The van der Waals surface area contributed by atoms with E-state index in [4.69, 9.17) is 0 Å². The molecule has 13 heavy (non-hydrogen) atoms. The normalized spacial score (nSPS) is 21.2. The van der Waals surface area contributed by atoms with Gasteiger partial charge in [0.1, 0.15) is 0 Å². The highest BCUT2D eigenvalue weighted by Gasteiger charge is 2.17. The van der Waals surface area contributed by atoms with E-state index >= 15 is 0 Å². The number of aryl methyl sites for hydroxylation is 1. The van der Waals surface area contributed by atoms with Crippen molar-refractivity contribution in [1.82, 2.24) is 5.32 Å². The molecule has 1 aromatic carbocycles. The molecule has 2 rings (SSSR count). The molecule has 0 radical (unpaired) electrons. The summed E-state index contributed by atoms with van der Waals surface area (Å²) in [5.74, 6) is 0. The molecule has 1 heteroatoms. The largest absolute Gasteiger partial charge is 0.310 e. The second kappa shape index (κ2) is 3.93. The Kier molecular flexibility index (Phi) is 2.65. The third kappa shape index (κ3) is 1.75. The predicted octanol–water partition coefficient (Wildman–Crippen LogP) is 2.67. The van der Waals surface area contributed by atoms with Crippen molar-refractivity contribution in [2.24, 2.45) is 0 Å². The average molecular weight is 175 g/mol. The highest BCUT2D eigenvalue weighted by molar-refractivity contribution is 5.31. The summed E-state index contributed by atoms with van der Waals surface area (Å²) in [5, 5.41) is 3.54. The van der Waals surface area contributed by atoms with Crippen LogP contribution in [-0.4, -0.2) is 6.54 Å². The van der Waals surface area contributed by atoms with Crippen molar-refractivity contribution < 1.29 is 0 Å². The summed E-state index contributed by atoms with van der Waals surface area (Å²) in [7, 11) is 0. The molecular formula is C12H17N. The van der Waals surface area contributed by atoms with Crippen molar-refractivity contribution in [3.8, 4) is 0 Å². The van der Waals surface area contributed by atoms with Gasteiger partial charge in [0.05, 0.1) is 0 Å². The highest BCUT2D eigenvalue weighted by atomic mass is 14.9. The van der Waals surface area contributed by atoms with Crippen LogP contribution in [0.4, 0.5) is 0 Å². The fraction of sp³-hybridized carbons (Fsp3) is 0.500. The van der Waals surface area contributed by atoms with E-state index in [1.165, 1.54) is 24.8 Å². The molecule has 70 valence electrons. The van der Waals surface area contributed by atoms with Gasteiger partial charge in [0.15, 0.2) is 0 Å². The van der Waals surface area contributed by atoms with Gasteiger partial charge in [-0.15, -0.1) is 0 Å². The lowest BCUT2D eigenvalue weighted by Gasteiger charge is -2.25. The van der Waals surface area contributed by atoms with E-state index in [9.17, 15) is 0 Å². The monoisotopic (exact) mass is 175 g/mol. The molecule has 1 aliphatic rings. The summed E-state index contributed by atoms with van der Waals surface area (Å²) in [6.07, 6.45) is 3.89. The Morgan fingerprint density at radius 3 is 3.08 bits per heavy atom. The van der Waals surface area contributed by atoms with E-state index in [0.29, 0.717) is 6.04 Å². The maximum Gasteiger partial charge on any atom is 0.0322 e. The molecular weight excluding hydrogens is 158 g/mol. The summed E-state index contributed by atoms with van der Waals surface area (Å²) in [5.41, 5.74) is 3.07. The number of hydrogen-bond acceptors (Lipinski definition) is 1. The van der Waals surface area contributed by atoms with Crippen molar-refractivity contribution >= 4 is 0 Å². The molecule has 1 N–H and O–H groups in total. The molecule has 1 atom stereocenters. The molecule has 0 saturated carbocycles. The van der Waals surface area contributed by atoms with Gasteiger partial charge in [0, 0.05) is 6.04 Å². The second-order valence-electron chi connectivity index (χ2n) is 3.70. The van der Waals surface area contributed by atoms with E-state index in [1.807, 2.05) is 0 Å². The van der Waals surface area contributed by atoms with Crippen molar-refractivity contribution in [3.05, 3.63) is 35.4 Å². The lowest BCUT2D eigenvalue weighted by Crippen LogP contribution is -2.24. The predicted molar refractivity (Wildman–Crippen MR) is 55.8 cm³/mol. The Morgan fingerprint density at radius 1 is 1.38 bits per heavy atom. The van der Waals surface area contributed by atoms with Crippen LogP contribution in [0.1, 0.15) is 36.9 Å². The highest BCUT2D eigenvalue weighted by Crippen LogP contribution is 2.28. The Hall–Kier alpha value is -0.820. The Balaban J connectivity index is 2.26. The van der Waals surface area contributed by atoms with Gasteiger partial charge < -0.3 is 5.32 Å². The van der Waals surface area contributed by atoms with Gasteiger partial charge in [-0.1, -0.05) is 31.2 Å². The number of benzene rings is 1. The Bertz CT molecular complexity index is 280. The zero-order valence-corrected chi connectivity index (χ0v) is 8.22. The fourth-order valence-corrected chi connectivity index (χ4v) is 2.21. The minimum atomic E-state index is 0.606. The Morgan fingerprint density at radius 2 is 2.23 bits per heavy atom. The molecule has 1 aliphatic carbocycles. The summed E-state index contributed by atoms with van der Waals surface area (Å²) >= 11 is 0. The van der Waals surface area contributed by atoms with E-state index in [0.717, 1.165) is 6.54 Å². The first-order valence-corrected chi connectivity index (χ1v) is 5.23. The van der Waals surface area contributed by atoms with Gasteiger partial charge in [-0.3, -0.25) is 0 Å². The van der Waals surface area contributed by atoms with Crippen LogP contribution >= 0.6 is 0 Å². The topological polar surface area (TPSA) is 12.0 Å². The van der Waals surface area contributed by atoms with Gasteiger partial charge in [-0.05, 0) is 36.9 Å². The summed E-state index contributed by atoms with van der Waals surface area (Å²) < 4.78 is 0. The summed E-state index contributed by atoms with van der Waals surface area (Å²) in [6, 6.07) is 9.43. The van der Waals surface area contributed by atoms with Crippen LogP contribution in [0.3, 0.4) is 0 Å². The first-order chi connectivity index (χ1) is 6.42. The van der Waals surface area contributed by atoms with Gasteiger partial charge in [-0.25, -0.2) is 0 Å². The van der Waals surface area contributed by atoms with Crippen LogP contribution < -0.4 is 5.32 Å². The lowest BCUT2D eigenvalue weighted by molar-refractivity contribution is 0.472. The van der Waals surface area contributed by atoms with Crippen LogP contribution in [0, 0.1) is 0 Å².